The number of amides is 2. The average Bonchev–Trinajstić information content (AvgIpc) is 2.70. The number of nitrogens with zero attached hydrogens (tertiary/aromatic N) is 2. The largest absolute Gasteiger partial charge is 0.491 e. The predicted octanol–water partition coefficient (Wildman–Crippen LogP) is 3.14. The second kappa shape index (κ2) is 7.51. The fraction of sp³-hybridized carbons (Fsp3) is 0.409. The zero-order valence-corrected chi connectivity index (χ0v) is 16.1. The molecule has 5 heteroatoms. The molecule has 0 bridgehead atoms. The third-order valence-electron chi connectivity index (χ3n) is 5.48. The van der Waals surface area contributed by atoms with Gasteiger partial charge in [0.15, 0.2) is 0 Å². The van der Waals surface area contributed by atoms with E-state index in [1.54, 1.807) is 0 Å². The predicted molar refractivity (Wildman–Crippen MR) is 108 cm³/mol. The van der Waals surface area contributed by atoms with Crippen LogP contribution in [0.2, 0.25) is 0 Å². The van der Waals surface area contributed by atoms with E-state index in [0.717, 1.165) is 43.9 Å². The summed E-state index contributed by atoms with van der Waals surface area (Å²) in [4.78, 5) is 17.0. The summed E-state index contributed by atoms with van der Waals surface area (Å²) in [5.41, 5.74) is 5.01. The quantitative estimate of drug-likeness (QED) is 0.889. The van der Waals surface area contributed by atoms with Gasteiger partial charge in [0.05, 0.1) is 6.04 Å². The van der Waals surface area contributed by atoms with Crippen molar-refractivity contribution in [2.75, 3.05) is 37.7 Å². The monoisotopic (exact) mass is 365 g/mol. The summed E-state index contributed by atoms with van der Waals surface area (Å²) in [6.07, 6.45) is 0.824. The highest BCUT2D eigenvalue weighted by molar-refractivity contribution is 5.75. The van der Waals surface area contributed by atoms with E-state index >= 15 is 0 Å². The molecular formula is C22H27N3O2. The van der Waals surface area contributed by atoms with Gasteiger partial charge in [-0.25, -0.2) is 4.79 Å². The van der Waals surface area contributed by atoms with Crippen LogP contribution < -0.4 is 15.0 Å². The molecule has 0 aliphatic carbocycles. The van der Waals surface area contributed by atoms with Crippen molar-refractivity contribution < 1.29 is 9.53 Å². The van der Waals surface area contributed by atoms with Crippen molar-refractivity contribution in [2.24, 2.45) is 0 Å². The number of piperazine rings is 1. The third-order valence-corrected chi connectivity index (χ3v) is 5.48. The molecule has 1 atom stereocenters. The van der Waals surface area contributed by atoms with Crippen LogP contribution in [0, 0.1) is 13.8 Å². The number of hydrogen-bond acceptors (Lipinski definition) is 3. The number of anilines is 1. The van der Waals surface area contributed by atoms with Crippen molar-refractivity contribution in [3.05, 3.63) is 59.2 Å². The van der Waals surface area contributed by atoms with Gasteiger partial charge >= 0.3 is 6.03 Å². The van der Waals surface area contributed by atoms with Crippen LogP contribution in [0.3, 0.4) is 0 Å². The number of ether oxygens (including phenoxy) is 1. The van der Waals surface area contributed by atoms with Gasteiger partial charge in [0.2, 0.25) is 0 Å². The lowest BCUT2D eigenvalue weighted by atomic mass is 10.0. The molecule has 0 radical (unpaired) electrons. The molecule has 1 fully saturated rings. The fourth-order valence-electron chi connectivity index (χ4n) is 3.90. The molecule has 2 heterocycles. The molecule has 5 nitrogen and oxygen atoms in total. The normalized spacial score (nSPS) is 19.3. The Bertz CT molecular complexity index is 828. The van der Waals surface area contributed by atoms with Gasteiger partial charge < -0.3 is 19.9 Å². The summed E-state index contributed by atoms with van der Waals surface area (Å²) in [5.74, 6) is 0.935. The highest BCUT2D eigenvalue weighted by Crippen LogP contribution is 2.25. The molecular weight excluding hydrogens is 338 g/mol. The van der Waals surface area contributed by atoms with Crippen LogP contribution in [0.15, 0.2) is 42.5 Å². The summed E-state index contributed by atoms with van der Waals surface area (Å²) in [5, 5.41) is 3.15. The van der Waals surface area contributed by atoms with Crippen molar-refractivity contribution in [3.8, 4) is 5.75 Å². The summed E-state index contributed by atoms with van der Waals surface area (Å²) < 4.78 is 5.78. The molecule has 142 valence electrons. The number of nitrogens with one attached hydrogen (secondary N) is 1. The van der Waals surface area contributed by atoms with E-state index in [1.807, 2.05) is 23.1 Å². The Hall–Kier alpha value is -2.69. The van der Waals surface area contributed by atoms with Gasteiger partial charge in [-0.2, -0.15) is 0 Å². The average molecular weight is 365 g/mol. The summed E-state index contributed by atoms with van der Waals surface area (Å²) in [6, 6.07) is 14.6. The van der Waals surface area contributed by atoms with Gasteiger partial charge in [0.1, 0.15) is 12.4 Å². The van der Waals surface area contributed by atoms with Crippen LogP contribution in [-0.4, -0.2) is 49.8 Å². The Morgan fingerprint density at radius 2 is 1.85 bits per heavy atom. The molecule has 1 N–H and O–H groups in total. The van der Waals surface area contributed by atoms with Crippen molar-refractivity contribution >= 4 is 11.7 Å². The van der Waals surface area contributed by atoms with Crippen LogP contribution in [-0.2, 0) is 6.42 Å². The van der Waals surface area contributed by atoms with Crippen LogP contribution in [0.4, 0.5) is 10.5 Å². The lowest BCUT2D eigenvalue weighted by Gasteiger charge is -2.37. The number of carbonyl (C=O) groups excluding carboxylic acids is 1. The molecule has 2 amide bonds. The minimum Gasteiger partial charge on any atom is -0.491 e. The minimum atomic E-state index is 0.0172. The van der Waals surface area contributed by atoms with E-state index in [2.05, 4.69) is 48.3 Å². The Kier molecular flexibility index (Phi) is 4.92. The number of rotatable bonds is 2. The lowest BCUT2D eigenvalue weighted by molar-refractivity contribution is 0.178. The molecule has 0 saturated carbocycles. The van der Waals surface area contributed by atoms with Crippen LogP contribution in [0.5, 0.6) is 5.75 Å². The zero-order valence-electron chi connectivity index (χ0n) is 16.1. The Labute approximate surface area is 160 Å². The maximum absolute atomic E-state index is 12.7. The first-order valence-corrected chi connectivity index (χ1v) is 9.68. The molecule has 0 spiro atoms. The first-order chi connectivity index (χ1) is 13.1. The van der Waals surface area contributed by atoms with Gasteiger partial charge in [-0.15, -0.1) is 0 Å². The van der Waals surface area contributed by atoms with Crippen LogP contribution in [0.25, 0.3) is 0 Å². The van der Waals surface area contributed by atoms with Crippen molar-refractivity contribution in [3.63, 3.8) is 0 Å². The fourth-order valence-corrected chi connectivity index (χ4v) is 3.90. The van der Waals surface area contributed by atoms with Crippen molar-refractivity contribution in [1.82, 2.24) is 10.2 Å². The van der Waals surface area contributed by atoms with Crippen LogP contribution in [0.1, 0.15) is 16.7 Å². The second-order valence-corrected chi connectivity index (χ2v) is 7.53. The lowest BCUT2D eigenvalue weighted by Crippen LogP contribution is -2.55. The van der Waals surface area contributed by atoms with Crippen molar-refractivity contribution in [1.29, 1.82) is 0 Å². The van der Waals surface area contributed by atoms with Gasteiger partial charge in [0, 0.05) is 31.9 Å². The van der Waals surface area contributed by atoms with Gasteiger partial charge in [0.25, 0.3) is 0 Å². The van der Waals surface area contributed by atoms with E-state index in [0.29, 0.717) is 6.61 Å². The number of para-hydroxylation sites is 1. The standard InChI is InChI=1S/C22H27N3O2/c1-16-7-8-17(2)20(13-16)24-9-11-25(12-10-24)22(26)23-19-14-18-5-3-4-6-21(18)27-15-19/h3-8,13,19H,9-12,14-15H2,1-2H3,(H,23,26)/t19-/m1/s1. The van der Waals surface area contributed by atoms with E-state index in [1.165, 1.54) is 16.8 Å². The Balaban J connectivity index is 1.32. The first-order valence-electron chi connectivity index (χ1n) is 9.68. The van der Waals surface area contributed by atoms with E-state index in [-0.39, 0.29) is 12.1 Å². The first kappa shape index (κ1) is 17.7. The molecule has 0 unspecified atom stereocenters. The molecule has 2 aromatic rings. The summed E-state index contributed by atoms with van der Waals surface area (Å²) >= 11 is 0. The van der Waals surface area contributed by atoms with Crippen LogP contribution >= 0.6 is 0 Å². The number of hydrogen-bond donors (Lipinski definition) is 1. The minimum absolute atomic E-state index is 0.0172. The second-order valence-electron chi connectivity index (χ2n) is 7.53. The van der Waals surface area contributed by atoms with Gasteiger partial charge in [-0.3, -0.25) is 0 Å². The molecule has 4 rings (SSSR count). The number of urea groups is 1. The van der Waals surface area contributed by atoms with Crippen molar-refractivity contribution in [2.45, 2.75) is 26.3 Å². The van der Waals surface area contributed by atoms with Gasteiger partial charge in [-0.05, 0) is 49.1 Å². The number of carbonyl (C=O) groups is 1. The third kappa shape index (κ3) is 3.87. The molecule has 2 aromatic carbocycles. The number of aryl methyl sites for hydroxylation is 2. The number of benzene rings is 2. The zero-order chi connectivity index (χ0) is 18.8. The maximum atomic E-state index is 12.7. The highest BCUT2D eigenvalue weighted by Gasteiger charge is 2.26. The van der Waals surface area contributed by atoms with E-state index < -0.39 is 0 Å². The molecule has 27 heavy (non-hydrogen) atoms. The summed E-state index contributed by atoms with van der Waals surface area (Å²) in [7, 11) is 0. The molecule has 0 aromatic heterocycles. The highest BCUT2D eigenvalue weighted by atomic mass is 16.5. The number of fused-ring (bicyclic) bond motifs is 1. The Morgan fingerprint density at radius 3 is 2.67 bits per heavy atom. The molecule has 2 aliphatic heterocycles. The molecule has 1 saturated heterocycles. The summed E-state index contributed by atoms with van der Waals surface area (Å²) in [6.45, 7) is 8.01. The topological polar surface area (TPSA) is 44.8 Å². The van der Waals surface area contributed by atoms with E-state index in [9.17, 15) is 4.79 Å². The van der Waals surface area contributed by atoms with Gasteiger partial charge in [-0.1, -0.05) is 30.3 Å². The van der Waals surface area contributed by atoms with E-state index in [4.69, 9.17) is 4.74 Å². The smallest absolute Gasteiger partial charge is 0.317 e. The molecule has 2 aliphatic rings. The maximum Gasteiger partial charge on any atom is 0.317 e. The Morgan fingerprint density at radius 1 is 1.07 bits per heavy atom. The SMILES string of the molecule is Cc1ccc(C)c(N2CCN(C(=O)N[C@H]3COc4ccccc4C3)CC2)c1.